The van der Waals surface area contributed by atoms with Gasteiger partial charge < -0.3 is 29.2 Å². The summed E-state index contributed by atoms with van der Waals surface area (Å²) in [5.74, 6) is -1.70. The summed E-state index contributed by atoms with van der Waals surface area (Å²) in [4.78, 5) is 33.7. The Morgan fingerprint density at radius 2 is 1.74 bits per heavy atom. The Balaban J connectivity index is 1.39. The van der Waals surface area contributed by atoms with Gasteiger partial charge in [-0.3, -0.25) is 4.79 Å². The van der Waals surface area contributed by atoms with E-state index in [9.17, 15) is 19.1 Å². The Labute approximate surface area is 269 Å². The Bertz CT molecular complexity index is 1910. The number of hydrogen-bond donors (Lipinski definition) is 2. The van der Waals surface area contributed by atoms with Gasteiger partial charge in [-0.25, -0.2) is 23.5 Å². The molecule has 0 unspecified atom stereocenters. The molecule has 0 fully saturated rings. The minimum atomic E-state index is -1.12. The molecule has 10 nitrogen and oxygen atoms in total. The van der Waals surface area contributed by atoms with E-state index in [0.29, 0.717) is 45.8 Å². The first-order valence-corrected chi connectivity index (χ1v) is 14.8. The van der Waals surface area contributed by atoms with Crippen molar-refractivity contribution in [3.8, 4) is 17.1 Å². The second-order valence-electron chi connectivity index (χ2n) is 10.9. The van der Waals surface area contributed by atoms with Gasteiger partial charge >= 0.3 is 5.97 Å². The lowest BCUT2D eigenvalue weighted by molar-refractivity contribution is -0.131. The minimum absolute atomic E-state index is 0.00707. The zero-order chi connectivity index (χ0) is 33.5. The summed E-state index contributed by atoms with van der Waals surface area (Å²) in [7, 11) is 2.92. The topological polar surface area (TPSA) is 125 Å². The number of imidazole rings is 1. The maximum Gasteiger partial charge on any atom is 0.335 e. The van der Waals surface area contributed by atoms with Crippen molar-refractivity contribution in [3.63, 3.8) is 0 Å². The lowest BCUT2D eigenvalue weighted by Gasteiger charge is -2.18. The van der Waals surface area contributed by atoms with E-state index >= 15 is 4.39 Å². The van der Waals surface area contributed by atoms with Crippen LogP contribution < -0.4 is 10.1 Å². The molecule has 0 saturated heterocycles. The fraction of sp³-hybridized carbons (Fsp3) is 0.257. The van der Waals surface area contributed by atoms with Gasteiger partial charge in [-0.1, -0.05) is 30.3 Å². The maximum atomic E-state index is 15.6. The number of carbonyl (C=O) groups excluding carboxylic acids is 1. The molecule has 0 radical (unpaired) electrons. The highest BCUT2D eigenvalue weighted by molar-refractivity contribution is 5.92. The van der Waals surface area contributed by atoms with Crippen LogP contribution in [-0.4, -0.2) is 65.0 Å². The highest BCUT2D eigenvalue weighted by atomic mass is 19.1. The Kier molecular flexibility index (Phi) is 10.5. The lowest BCUT2D eigenvalue weighted by Crippen LogP contribution is -2.40. The normalized spacial score (nSPS) is 11.9. The zero-order valence-corrected chi connectivity index (χ0v) is 26.1. The van der Waals surface area contributed by atoms with Crippen molar-refractivity contribution in [3.05, 3.63) is 113 Å². The average molecular weight is 645 g/mol. The molecule has 0 aliphatic rings. The minimum Gasteiger partial charge on any atom is -0.478 e. The molecule has 12 heteroatoms. The van der Waals surface area contributed by atoms with E-state index in [4.69, 9.17) is 14.2 Å². The fourth-order valence-corrected chi connectivity index (χ4v) is 5.06. The van der Waals surface area contributed by atoms with Crippen LogP contribution in [0.5, 0.6) is 5.88 Å². The summed E-state index contributed by atoms with van der Waals surface area (Å²) >= 11 is 0. The number of hydrogen-bond acceptors (Lipinski definition) is 7. The second-order valence-corrected chi connectivity index (χ2v) is 10.9. The lowest BCUT2D eigenvalue weighted by atomic mass is 10.1. The highest BCUT2D eigenvalue weighted by Gasteiger charge is 2.23. The molecule has 3 aromatic carbocycles. The Morgan fingerprint density at radius 1 is 0.957 bits per heavy atom. The van der Waals surface area contributed by atoms with Crippen molar-refractivity contribution in [2.24, 2.45) is 0 Å². The molecule has 2 aromatic heterocycles. The fourth-order valence-electron chi connectivity index (χ4n) is 5.06. The third kappa shape index (κ3) is 7.97. The van der Waals surface area contributed by atoms with Gasteiger partial charge in [0.05, 0.1) is 35.4 Å². The molecule has 2 heterocycles. The first kappa shape index (κ1) is 33.2. The van der Waals surface area contributed by atoms with Crippen LogP contribution in [0.3, 0.4) is 0 Å². The van der Waals surface area contributed by atoms with E-state index in [1.807, 2.05) is 0 Å². The average Bonchev–Trinajstić information content (AvgIpc) is 3.39. The van der Waals surface area contributed by atoms with Gasteiger partial charge in [0.25, 0.3) is 5.91 Å². The summed E-state index contributed by atoms with van der Waals surface area (Å²) in [6.45, 7) is 2.40. The molecule has 0 saturated carbocycles. The number of aromatic nitrogens is 3. The second kappa shape index (κ2) is 14.9. The third-order valence-electron chi connectivity index (χ3n) is 7.61. The first-order valence-electron chi connectivity index (χ1n) is 14.8. The summed E-state index contributed by atoms with van der Waals surface area (Å²) < 4.78 is 47.7. The predicted octanol–water partition coefficient (Wildman–Crippen LogP) is 5.33. The molecule has 0 spiro atoms. The molecule has 0 aliphatic heterocycles. The smallest absolute Gasteiger partial charge is 0.335 e. The van der Waals surface area contributed by atoms with Crippen molar-refractivity contribution in [2.45, 2.75) is 32.6 Å². The van der Waals surface area contributed by atoms with Gasteiger partial charge in [-0.2, -0.15) is 0 Å². The number of nitrogens with zero attached hydrogens (tertiary/aromatic N) is 3. The van der Waals surface area contributed by atoms with Gasteiger partial charge in [-0.05, 0) is 54.4 Å². The number of carbonyl (C=O) groups is 2. The SMILES string of the molecule is COCCNC(=O)[C@H](Cn1c(Cc2ccc(-c3cccc(OCc4ccc(C)cc4F)n3)cc2F)nc2ccc(C(=O)O)cc21)OC. The van der Waals surface area contributed by atoms with Crippen LogP contribution in [0.25, 0.3) is 22.3 Å². The van der Waals surface area contributed by atoms with E-state index < -0.39 is 17.9 Å². The number of halogens is 2. The number of methoxy groups -OCH3 is 2. The monoisotopic (exact) mass is 644 g/mol. The van der Waals surface area contributed by atoms with Crippen molar-refractivity contribution in [1.82, 2.24) is 19.9 Å². The number of aryl methyl sites for hydroxylation is 1. The Hall–Kier alpha value is -5.20. The molecule has 47 heavy (non-hydrogen) atoms. The summed E-state index contributed by atoms with van der Waals surface area (Å²) in [5, 5.41) is 12.3. The molecule has 5 rings (SSSR count). The van der Waals surface area contributed by atoms with Gasteiger partial charge in [0.2, 0.25) is 5.88 Å². The standard InChI is InChI=1S/C35H34F2N4O6/c1-21-7-8-25(26(36)15-21)20-47-33-6-4-5-28(40-33)23-10-9-22(27(37)16-23)18-32-39-29-12-11-24(35(43)44)17-30(29)41(32)19-31(46-3)34(42)38-13-14-45-2/h4-12,15-17,31H,13-14,18-20H2,1-3H3,(H,38,42)(H,43,44)/t31-/m0/s1. The van der Waals surface area contributed by atoms with Crippen LogP contribution in [0.4, 0.5) is 8.78 Å². The van der Waals surface area contributed by atoms with Crippen molar-refractivity contribution < 1.29 is 37.7 Å². The number of aromatic carboxylic acids is 1. The number of amides is 1. The van der Waals surface area contributed by atoms with Crippen LogP contribution in [0, 0.1) is 18.6 Å². The van der Waals surface area contributed by atoms with Crippen molar-refractivity contribution in [2.75, 3.05) is 27.4 Å². The van der Waals surface area contributed by atoms with E-state index in [-0.39, 0.29) is 49.3 Å². The molecule has 244 valence electrons. The summed E-state index contributed by atoms with van der Waals surface area (Å²) in [5.41, 5.74) is 3.50. The predicted molar refractivity (Wildman–Crippen MR) is 170 cm³/mol. The van der Waals surface area contributed by atoms with Crippen LogP contribution in [0.15, 0.2) is 72.8 Å². The number of benzene rings is 3. The van der Waals surface area contributed by atoms with Crippen LogP contribution in [0.1, 0.15) is 32.9 Å². The van der Waals surface area contributed by atoms with E-state index in [0.717, 1.165) is 5.56 Å². The van der Waals surface area contributed by atoms with Crippen LogP contribution >= 0.6 is 0 Å². The number of pyridine rings is 1. The first-order chi connectivity index (χ1) is 22.7. The quantitative estimate of drug-likeness (QED) is 0.156. The summed E-state index contributed by atoms with van der Waals surface area (Å²) in [6.07, 6.45) is -0.893. The summed E-state index contributed by atoms with van der Waals surface area (Å²) in [6, 6.07) is 19.2. The van der Waals surface area contributed by atoms with E-state index in [1.165, 1.54) is 38.5 Å². The molecule has 0 aliphatic carbocycles. The van der Waals surface area contributed by atoms with Gasteiger partial charge in [0.15, 0.2) is 6.10 Å². The Morgan fingerprint density at radius 3 is 2.47 bits per heavy atom. The molecule has 1 atom stereocenters. The zero-order valence-electron chi connectivity index (χ0n) is 26.1. The van der Waals surface area contributed by atoms with Crippen LogP contribution in [-0.2, 0) is 33.8 Å². The van der Waals surface area contributed by atoms with Crippen molar-refractivity contribution in [1.29, 1.82) is 0 Å². The maximum absolute atomic E-state index is 15.6. The molecular weight excluding hydrogens is 610 g/mol. The molecule has 0 bridgehead atoms. The molecular formula is C35H34F2N4O6. The number of carboxylic acid groups (broad SMARTS) is 1. The van der Waals surface area contributed by atoms with E-state index in [2.05, 4.69) is 15.3 Å². The van der Waals surface area contributed by atoms with Crippen molar-refractivity contribution >= 4 is 22.9 Å². The number of fused-ring (bicyclic) bond motifs is 1. The third-order valence-corrected chi connectivity index (χ3v) is 7.61. The van der Waals surface area contributed by atoms with Gasteiger partial charge in [0, 0.05) is 44.4 Å². The number of ether oxygens (including phenoxy) is 3. The number of rotatable bonds is 14. The molecule has 5 aromatic rings. The molecule has 1 amide bonds. The highest BCUT2D eigenvalue weighted by Crippen LogP contribution is 2.26. The molecule has 2 N–H and O–H groups in total. The van der Waals surface area contributed by atoms with Gasteiger partial charge in [0.1, 0.15) is 24.1 Å². The van der Waals surface area contributed by atoms with Crippen LogP contribution in [0.2, 0.25) is 0 Å². The van der Waals surface area contributed by atoms with Gasteiger partial charge in [-0.15, -0.1) is 0 Å². The number of nitrogens with one attached hydrogen (secondary N) is 1. The largest absolute Gasteiger partial charge is 0.478 e. The number of carboxylic acids is 1. The van der Waals surface area contributed by atoms with E-state index in [1.54, 1.807) is 60.0 Å².